The lowest BCUT2D eigenvalue weighted by Crippen LogP contribution is -1.97. The quantitative estimate of drug-likeness (QED) is 0.673. The van der Waals surface area contributed by atoms with Crippen LogP contribution in [-0.2, 0) is 0 Å². The highest BCUT2D eigenvalue weighted by Crippen LogP contribution is 2.29. The topological polar surface area (TPSA) is 0 Å². The Morgan fingerprint density at radius 2 is 1.82 bits per heavy atom. The van der Waals surface area contributed by atoms with Crippen molar-refractivity contribution in [3.05, 3.63) is 47.3 Å². The first-order valence-electron chi connectivity index (χ1n) is 5.94. The predicted octanol–water partition coefficient (Wildman–Crippen LogP) is 5.47. The van der Waals surface area contributed by atoms with Crippen molar-refractivity contribution in [2.45, 2.75) is 26.4 Å². The first-order chi connectivity index (χ1) is 8.16. The average molecular weight is 248 g/mol. The van der Waals surface area contributed by atoms with Gasteiger partial charge in [0.1, 0.15) is 6.17 Å². The number of rotatable bonds is 4. The highest BCUT2D eigenvalue weighted by atomic mass is 32.1. The van der Waals surface area contributed by atoms with E-state index in [9.17, 15) is 4.39 Å². The van der Waals surface area contributed by atoms with E-state index in [2.05, 4.69) is 11.4 Å². The second-order valence-corrected chi connectivity index (χ2v) is 5.64. The highest BCUT2D eigenvalue weighted by Gasteiger charge is 2.11. The lowest BCUT2D eigenvalue weighted by molar-refractivity contribution is 0.289. The third-order valence-corrected chi connectivity index (χ3v) is 3.68. The summed E-state index contributed by atoms with van der Waals surface area (Å²) in [5.41, 5.74) is 1.96. The lowest BCUT2D eigenvalue weighted by Gasteiger charge is -2.11. The molecule has 2 rings (SSSR count). The van der Waals surface area contributed by atoms with E-state index in [1.165, 1.54) is 10.4 Å². The Morgan fingerprint density at radius 1 is 1.12 bits per heavy atom. The van der Waals surface area contributed by atoms with Gasteiger partial charge in [0.2, 0.25) is 0 Å². The monoisotopic (exact) mass is 248 g/mol. The molecular formula is C15H17FS. The Bertz CT molecular complexity index is 442. The molecule has 0 fully saturated rings. The fourth-order valence-corrected chi connectivity index (χ4v) is 2.58. The molecule has 1 atom stereocenters. The van der Waals surface area contributed by atoms with Gasteiger partial charge in [0.05, 0.1) is 0 Å². The van der Waals surface area contributed by atoms with Crippen LogP contribution in [0.4, 0.5) is 4.39 Å². The fourth-order valence-electron chi connectivity index (χ4n) is 1.85. The fraction of sp³-hybridized carbons (Fsp3) is 0.333. The second kappa shape index (κ2) is 5.46. The molecule has 0 radical (unpaired) electrons. The van der Waals surface area contributed by atoms with Crippen LogP contribution in [0.15, 0.2) is 41.8 Å². The van der Waals surface area contributed by atoms with Crippen LogP contribution in [0, 0.1) is 5.92 Å². The molecule has 90 valence electrons. The molecule has 1 aromatic carbocycles. The van der Waals surface area contributed by atoms with E-state index in [-0.39, 0.29) is 0 Å². The van der Waals surface area contributed by atoms with E-state index in [0.717, 1.165) is 5.56 Å². The first-order valence-corrected chi connectivity index (χ1v) is 6.82. The number of hydrogen-bond donors (Lipinski definition) is 0. The summed E-state index contributed by atoms with van der Waals surface area (Å²) in [6.45, 7) is 4.10. The predicted molar refractivity (Wildman–Crippen MR) is 73.1 cm³/mol. The summed E-state index contributed by atoms with van der Waals surface area (Å²) in [5, 5.41) is 2.06. The van der Waals surface area contributed by atoms with E-state index in [4.69, 9.17) is 0 Å². The Hall–Kier alpha value is -1.15. The van der Waals surface area contributed by atoms with Gasteiger partial charge in [-0.1, -0.05) is 44.2 Å². The van der Waals surface area contributed by atoms with Crippen molar-refractivity contribution >= 4 is 11.3 Å². The minimum Gasteiger partial charge on any atom is -0.242 e. The Kier molecular flexibility index (Phi) is 3.95. The summed E-state index contributed by atoms with van der Waals surface area (Å²) in [5.74, 6) is 0.391. The molecule has 0 nitrogen and oxygen atoms in total. The maximum absolute atomic E-state index is 13.9. The average Bonchev–Trinajstić information content (AvgIpc) is 2.82. The van der Waals surface area contributed by atoms with Crippen LogP contribution in [0.2, 0.25) is 0 Å². The Morgan fingerprint density at radius 3 is 2.35 bits per heavy atom. The molecule has 0 aliphatic heterocycles. The van der Waals surface area contributed by atoms with E-state index in [0.29, 0.717) is 12.3 Å². The molecular weight excluding hydrogens is 231 g/mol. The summed E-state index contributed by atoms with van der Waals surface area (Å²) in [7, 11) is 0. The summed E-state index contributed by atoms with van der Waals surface area (Å²) >= 11 is 1.71. The smallest absolute Gasteiger partial charge is 0.125 e. The number of alkyl halides is 1. The third-order valence-electron chi connectivity index (χ3n) is 2.76. The number of thiophene rings is 1. The molecule has 0 spiro atoms. The molecule has 17 heavy (non-hydrogen) atoms. The van der Waals surface area contributed by atoms with Crippen LogP contribution in [0.3, 0.4) is 0 Å². The molecule has 1 heterocycles. The van der Waals surface area contributed by atoms with Crippen LogP contribution in [-0.4, -0.2) is 0 Å². The first kappa shape index (κ1) is 12.3. The van der Waals surface area contributed by atoms with Gasteiger partial charge in [0, 0.05) is 4.88 Å². The van der Waals surface area contributed by atoms with Gasteiger partial charge < -0.3 is 0 Å². The summed E-state index contributed by atoms with van der Waals surface area (Å²) in [6, 6.07) is 11.9. The van der Waals surface area contributed by atoms with Crippen LogP contribution >= 0.6 is 11.3 Å². The molecule has 0 saturated carbocycles. The third kappa shape index (κ3) is 3.16. The van der Waals surface area contributed by atoms with Gasteiger partial charge in [-0.05, 0) is 34.9 Å². The standard InChI is InChI=1S/C15H17FS/c1-11(2)10-14(16)12-5-7-13(8-6-12)15-4-3-9-17-15/h3-9,11,14H,10H2,1-2H3. The summed E-state index contributed by atoms with van der Waals surface area (Å²) < 4.78 is 13.9. The summed E-state index contributed by atoms with van der Waals surface area (Å²) in [6.07, 6.45) is -0.245. The van der Waals surface area contributed by atoms with Crippen LogP contribution in [0.1, 0.15) is 32.0 Å². The number of benzene rings is 1. The van der Waals surface area contributed by atoms with Crippen molar-refractivity contribution in [1.29, 1.82) is 0 Å². The molecule has 1 unspecified atom stereocenters. The maximum Gasteiger partial charge on any atom is 0.125 e. The van der Waals surface area contributed by atoms with Gasteiger partial charge in [0.25, 0.3) is 0 Å². The van der Waals surface area contributed by atoms with E-state index in [1.807, 2.05) is 44.2 Å². The molecule has 2 aromatic rings. The van der Waals surface area contributed by atoms with Gasteiger partial charge >= 0.3 is 0 Å². The minimum atomic E-state index is -0.840. The Balaban J connectivity index is 2.13. The molecule has 1 aromatic heterocycles. The second-order valence-electron chi connectivity index (χ2n) is 4.70. The normalized spacial score (nSPS) is 12.9. The largest absolute Gasteiger partial charge is 0.242 e. The Labute approximate surface area is 106 Å². The molecule has 0 bridgehead atoms. The van der Waals surface area contributed by atoms with Crippen molar-refractivity contribution in [1.82, 2.24) is 0 Å². The zero-order valence-corrected chi connectivity index (χ0v) is 11.0. The number of halogens is 1. The van der Waals surface area contributed by atoms with Crippen molar-refractivity contribution < 1.29 is 4.39 Å². The molecule has 0 aliphatic carbocycles. The van der Waals surface area contributed by atoms with Gasteiger partial charge in [-0.25, -0.2) is 4.39 Å². The minimum absolute atomic E-state index is 0.391. The van der Waals surface area contributed by atoms with Gasteiger partial charge in [-0.2, -0.15) is 0 Å². The summed E-state index contributed by atoms with van der Waals surface area (Å²) in [4.78, 5) is 1.23. The van der Waals surface area contributed by atoms with Crippen molar-refractivity contribution in [2.75, 3.05) is 0 Å². The molecule has 0 N–H and O–H groups in total. The number of hydrogen-bond acceptors (Lipinski definition) is 1. The SMILES string of the molecule is CC(C)CC(F)c1ccc(-c2cccs2)cc1. The maximum atomic E-state index is 13.9. The van der Waals surface area contributed by atoms with E-state index in [1.54, 1.807) is 11.3 Å². The lowest BCUT2D eigenvalue weighted by atomic mass is 9.99. The van der Waals surface area contributed by atoms with E-state index >= 15 is 0 Å². The van der Waals surface area contributed by atoms with Crippen LogP contribution < -0.4 is 0 Å². The van der Waals surface area contributed by atoms with Gasteiger partial charge in [-0.3, -0.25) is 0 Å². The zero-order chi connectivity index (χ0) is 12.3. The van der Waals surface area contributed by atoms with Gasteiger partial charge in [-0.15, -0.1) is 11.3 Å². The molecule has 0 saturated heterocycles. The van der Waals surface area contributed by atoms with Crippen LogP contribution in [0.25, 0.3) is 10.4 Å². The van der Waals surface area contributed by atoms with Crippen LogP contribution in [0.5, 0.6) is 0 Å². The highest BCUT2D eigenvalue weighted by molar-refractivity contribution is 7.13. The van der Waals surface area contributed by atoms with Crippen molar-refractivity contribution in [3.63, 3.8) is 0 Å². The molecule has 0 aliphatic rings. The van der Waals surface area contributed by atoms with E-state index < -0.39 is 6.17 Å². The molecule has 0 amide bonds. The van der Waals surface area contributed by atoms with Crippen molar-refractivity contribution in [3.8, 4) is 10.4 Å². The zero-order valence-electron chi connectivity index (χ0n) is 10.2. The van der Waals surface area contributed by atoms with Crippen molar-refractivity contribution in [2.24, 2.45) is 5.92 Å². The molecule has 2 heteroatoms. The van der Waals surface area contributed by atoms with Gasteiger partial charge in [0.15, 0.2) is 0 Å².